The monoisotopic (exact) mass is 342 g/mol. The number of hydrogen-bond acceptors (Lipinski definition) is 2. The van der Waals surface area contributed by atoms with Crippen LogP contribution < -0.4 is 11.3 Å². The highest BCUT2D eigenvalue weighted by molar-refractivity contribution is 9.10. The number of nitrogens with one attached hydrogen (secondary N) is 1. The van der Waals surface area contributed by atoms with Crippen LogP contribution in [0.2, 0.25) is 5.02 Å². The van der Waals surface area contributed by atoms with E-state index in [1.807, 2.05) is 24.3 Å². The van der Waals surface area contributed by atoms with Crippen LogP contribution >= 0.6 is 27.5 Å². The van der Waals surface area contributed by atoms with Crippen LogP contribution in [0.1, 0.15) is 17.2 Å². The van der Waals surface area contributed by atoms with Gasteiger partial charge in [-0.25, -0.2) is 4.39 Å². The summed E-state index contributed by atoms with van der Waals surface area (Å²) in [7, 11) is 0. The molecule has 2 aromatic rings. The fourth-order valence-electron chi connectivity index (χ4n) is 1.90. The van der Waals surface area contributed by atoms with Crippen molar-refractivity contribution in [2.75, 3.05) is 0 Å². The van der Waals surface area contributed by atoms with Crippen molar-refractivity contribution in [1.82, 2.24) is 5.43 Å². The minimum Gasteiger partial charge on any atom is -0.271 e. The van der Waals surface area contributed by atoms with Gasteiger partial charge in [0.1, 0.15) is 5.82 Å². The Labute approximate surface area is 124 Å². The number of benzene rings is 2. The number of rotatable bonds is 4. The molecular formula is C14H13BrClFN2. The third-order valence-electron chi connectivity index (χ3n) is 2.88. The van der Waals surface area contributed by atoms with Gasteiger partial charge in [-0.15, -0.1) is 0 Å². The smallest absolute Gasteiger partial charge is 0.141 e. The standard InChI is InChI=1S/C14H13BrClFN2/c15-11-3-1-2-10(8-11)14(19-18)7-9-4-5-13(17)12(16)6-9/h1-6,8,14,19H,7,18H2. The maximum atomic E-state index is 13.1. The zero-order valence-corrected chi connectivity index (χ0v) is 12.4. The molecule has 1 unspecified atom stereocenters. The van der Waals surface area contributed by atoms with E-state index < -0.39 is 5.82 Å². The van der Waals surface area contributed by atoms with E-state index in [0.717, 1.165) is 15.6 Å². The lowest BCUT2D eigenvalue weighted by atomic mass is 9.99. The van der Waals surface area contributed by atoms with Crippen LogP contribution in [-0.4, -0.2) is 0 Å². The second-order valence-corrected chi connectivity index (χ2v) is 5.55. The van der Waals surface area contributed by atoms with Crippen molar-refractivity contribution in [2.45, 2.75) is 12.5 Å². The van der Waals surface area contributed by atoms with Gasteiger partial charge in [0.05, 0.1) is 11.1 Å². The molecule has 0 heterocycles. The molecule has 1 atom stereocenters. The van der Waals surface area contributed by atoms with Gasteiger partial charge < -0.3 is 0 Å². The molecule has 0 aliphatic heterocycles. The molecule has 0 radical (unpaired) electrons. The van der Waals surface area contributed by atoms with Crippen molar-refractivity contribution in [2.24, 2.45) is 5.84 Å². The van der Waals surface area contributed by atoms with Gasteiger partial charge in [0.2, 0.25) is 0 Å². The number of halogens is 3. The third kappa shape index (κ3) is 3.76. The maximum Gasteiger partial charge on any atom is 0.141 e. The molecule has 2 aromatic carbocycles. The first kappa shape index (κ1) is 14.5. The summed E-state index contributed by atoms with van der Waals surface area (Å²) < 4.78 is 14.1. The summed E-state index contributed by atoms with van der Waals surface area (Å²) in [4.78, 5) is 0. The molecule has 0 saturated carbocycles. The molecule has 0 amide bonds. The van der Waals surface area contributed by atoms with Crippen molar-refractivity contribution < 1.29 is 4.39 Å². The van der Waals surface area contributed by atoms with Crippen LogP contribution in [0.25, 0.3) is 0 Å². The lowest BCUT2D eigenvalue weighted by Crippen LogP contribution is -2.29. The maximum absolute atomic E-state index is 13.1. The second kappa shape index (κ2) is 6.48. The Hall–Kier alpha value is -0.940. The van der Waals surface area contributed by atoms with Gasteiger partial charge in [-0.1, -0.05) is 45.7 Å². The quantitative estimate of drug-likeness (QED) is 0.651. The number of nitrogens with two attached hydrogens (primary N) is 1. The van der Waals surface area contributed by atoms with E-state index in [1.54, 1.807) is 12.1 Å². The lowest BCUT2D eigenvalue weighted by molar-refractivity contribution is 0.550. The fraction of sp³-hybridized carbons (Fsp3) is 0.143. The summed E-state index contributed by atoms with van der Waals surface area (Å²) in [5.74, 6) is 5.19. The summed E-state index contributed by atoms with van der Waals surface area (Å²) >= 11 is 9.20. The predicted octanol–water partition coefficient (Wildman–Crippen LogP) is 3.99. The molecule has 0 aromatic heterocycles. The second-order valence-electron chi connectivity index (χ2n) is 4.23. The van der Waals surface area contributed by atoms with E-state index in [9.17, 15) is 4.39 Å². The molecule has 3 N–H and O–H groups in total. The van der Waals surface area contributed by atoms with Gasteiger partial charge in [0.25, 0.3) is 0 Å². The molecule has 19 heavy (non-hydrogen) atoms. The highest BCUT2D eigenvalue weighted by Gasteiger charge is 2.12. The van der Waals surface area contributed by atoms with Gasteiger partial charge >= 0.3 is 0 Å². The minimum absolute atomic E-state index is 0.0565. The Balaban J connectivity index is 2.21. The van der Waals surface area contributed by atoms with Gasteiger partial charge in [0, 0.05) is 4.47 Å². The Morgan fingerprint density at radius 1 is 1.26 bits per heavy atom. The predicted molar refractivity (Wildman–Crippen MR) is 79.3 cm³/mol. The zero-order chi connectivity index (χ0) is 13.8. The van der Waals surface area contributed by atoms with E-state index in [1.165, 1.54) is 6.07 Å². The zero-order valence-electron chi connectivity index (χ0n) is 10.0. The Morgan fingerprint density at radius 2 is 2.05 bits per heavy atom. The van der Waals surface area contributed by atoms with Crippen molar-refractivity contribution in [1.29, 1.82) is 0 Å². The topological polar surface area (TPSA) is 38.0 Å². The van der Waals surface area contributed by atoms with E-state index in [0.29, 0.717) is 6.42 Å². The molecule has 2 rings (SSSR count). The Morgan fingerprint density at radius 3 is 2.68 bits per heavy atom. The summed E-state index contributed by atoms with van der Waals surface area (Å²) in [6.45, 7) is 0. The van der Waals surface area contributed by atoms with Gasteiger partial charge in [-0.3, -0.25) is 11.3 Å². The fourth-order valence-corrected chi connectivity index (χ4v) is 2.52. The average molecular weight is 344 g/mol. The third-order valence-corrected chi connectivity index (χ3v) is 3.66. The number of hydrazine groups is 1. The summed E-state index contributed by atoms with van der Waals surface area (Å²) in [5, 5.41) is 0.127. The molecule has 100 valence electrons. The summed E-state index contributed by atoms with van der Waals surface area (Å²) in [6, 6.07) is 12.5. The van der Waals surface area contributed by atoms with E-state index >= 15 is 0 Å². The van der Waals surface area contributed by atoms with E-state index in [2.05, 4.69) is 21.4 Å². The van der Waals surface area contributed by atoms with Crippen LogP contribution in [-0.2, 0) is 6.42 Å². The van der Waals surface area contributed by atoms with Crippen LogP contribution in [0.15, 0.2) is 46.9 Å². The van der Waals surface area contributed by atoms with Gasteiger partial charge in [-0.2, -0.15) is 0 Å². The Kier molecular flexibility index (Phi) is 4.93. The SMILES string of the molecule is NNC(Cc1ccc(F)c(Cl)c1)c1cccc(Br)c1. The van der Waals surface area contributed by atoms with Crippen molar-refractivity contribution in [3.8, 4) is 0 Å². The first-order valence-corrected chi connectivity index (χ1v) is 6.93. The molecule has 0 bridgehead atoms. The Bertz CT molecular complexity index is 577. The first-order chi connectivity index (χ1) is 9.10. The molecular weight excluding hydrogens is 331 g/mol. The van der Waals surface area contributed by atoms with Crippen LogP contribution in [0, 0.1) is 5.82 Å². The molecule has 0 aliphatic carbocycles. The largest absolute Gasteiger partial charge is 0.271 e. The molecule has 5 heteroatoms. The van der Waals surface area contributed by atoms with E-state index in [4.69, 9.17) is 17.4 Å². The highest BCUT2D eigenvalue weighted by Crippen LogP contribution is 2.23. The van der Waals surface area contributed by atoms with Crippen LogP contribution in [0.4, 0.5) is 4.39 Å². The van der Waals surface area contributed by atoms with Crippen LogP contribution in [0.5, 0.6) is 0 Å². The lowest BCUT2D eigenvalue weighted by Gasteiger charge is -2.17. The van der Waals surface area contributed by atoms with Gasteiger partial charge in [0.15, 0.2) is 0 Å². The summed E-state index contributed by atoms with van der Waals surface area (Å²) in [5.41, 5.74) is 4.75. The van der Waals surface area contributed by atoms with Crippen molar-refractivity contribution >= 4 is 27.5 Å². The molecule has 2 nitrogen and oxygen atoms in total. The first-order valence-electron chi connectivity index (χ1n) is 5.75. The average Bonchev–Trinajstić information content (AvgIpc) is 2.40. The van der Waals surface area contributed by atoms with Crippen molar-refractivity contribution in [3.63, 3.8) is 0 Å². The van der Waals surface area contributed by atoms with Gasteiger partial charge in [-0.05, 0) is 41.8 Å². The molecule has 0 saturated heterocycles. The highest BCUT2D eigenvalue weighted by atomic mass is 79.9. The minimum atomic E-state index is -0.412. The normalized spacial score (nSPS) is 12.4. The molecule has 0 aliphatic rings. The summed E-state index contributed by atoms with van der Waals surface area (Å²) in [6.07, 6.45) is 0.632. The number of hydrogen-bond donors (Lipinski definition) is 2. The van der Waals surface area contributed by atoms with Crippen molar-refractivity contribution in [3.05, 3.63) is 68.9 Å². The van der Waals surface area contributed by atoms with Crippen LogP contribution in [0.3, 0.4) is 0 Å². The van der Waals surface area contributed by atoms with E-state index in [-0.39, 0.29) is 11.1 Å². The molecule has 0 fully saturated rings. The molecule has 0 spiro atoms.